The number of aryl methyl sites for hydroxylation is 1. The highest BCUT2D eigenvalue weighted by Gasteiger charge is 2.10. The molecule has 1 aromatic heterocycles. The normalized spacial score (nSPS) is 12.5. The summed E-state index contributed by atoms with van der Waals surface area (Å²) in [5.41, 5.74) is 9.57. The highest BCUT2D eigenvalue weighted by molar-refractivity contribution is 5.85. The molecule has 0 amide bonds. The first-order valence-corrected chi connectivity index (χ1v) is 6.90. The standard InChI is InChI=1S/C18H18N2/c1-13-6-4-11-18(20-13)17(19)12-15-9-5-8-14-7-2-3-10-16(14)15/h2-11,17H,12,19H2,1H3. The van der Waals surface area contributed by atoms with Crippen LogP contribution in [-0.2, 0) is 6.42 Å². The van der Waals surface area contributed by atoms with Gasteiger partial charge in [-0.15, -0.1) is 0 Å². The molecule has 2 N–H and O–H groups in total. The van der Waals surface area contributed by atoms with Gasteiger partial charge in [-0.25, -0.2) is 0 Å². The van der Waals surface area contributed by atoms with Gasteiger partial charge in [0, 0.05) is 5.69 Å². The van der Waals surface area contributed by atoms with E-state index in [0.29, 0.717) is 0 Å². The molecule has 0 aliphatic heterocycles. The van der Waals surface area contributed by atoms with Gasteiger partial charge in [-0.05, 0) is 41.8 Å². The lowest BCUT2D eigenvalue weighted by molar-refractivity contribution is 0.696. The molecule has 2 aromatic carbocycles. The average Bonchev–Trinajstić information content (AvgIpc) is 2.47. The van der Waals surface area contributed by atoms with Crippen molar-refractivity contribution in [3.05, 3.63) is 77.6 Å². The highest BCUT2D eigenvalue weighted by Crippen LogP contribution is 2.22. The van der Waals surface area contributed by atoms with E-state index in [1.807, 2.05) is 25.1 Å². The van der Waals surface area contributed by atoms with E-state index in [0.717, 1.165) is 17.8 Å². The molecule has 0 aliphatic rings. The van der Waals surface area contributed by atoms with Gasteiger partial charge in [0.25, 0.3) is 0 Å². The molecule has 2 heteroatoms. The largest absolute Gasteiger partial charge is 0.322 e. The molecule has 0 radical (unpaired) electrons. The molecular formula is C18H18N2. The van der Waals surface area contributed by atoms with Crippen LogP contribution in [0, 0.1) is 6.92 Å². The average molecular weight is 262 g/mol. The Kier molecular flexibility index (Phi) is 3.48. The van der Waals surface area contributed by atoms with E-state index >= 15 is 0 Å². The van der Waals surface area contributed by atoms with Gasteiger partial charge < -0.3 is 5.73 Å². The van der Waals surface area contributed by atoms with Gasteiger partial charge in [-0.1, -0.05) is 48.5 Å². The molecule has 3 aromatic rings. The number of fused-ring (bicyclic) bond motifs is 1. The third kappa shape index (κ3) is 2.56. The Bertz CT molecular complexity index is 729. The van der Waals surface area contributed by atoms with E-state index in [-0.39, 0.29) is 6.04 Å². The second kappa shape index (κ2) is 5.43. The Morgan fingerprint density at radius 2 is 1.70 bits per heavy atom. The Balaban J connectivity index is 1.93. The third-order valence-electron chi connectivity index (χ3n) is 3.61. The van der Waals surface area contributed by atoms with Gasteiger partial charge in [-0.2, -0.15) is 0 Å². The molecule has 0 fully saturated rings. The molecule has 100 valence electrons. The first-order chi connectivity index (χ1) is 9.74. The van der Waals surface area contributed by atoms with Crippen molar-refractivity contribution >= 4 is 10.8 Å². The van der Waals surface area contributed by atoms with Gasteiger partial charge in [0.1, 0.15) is 0 Å². The number of pyridine rings is 1. The fourth-order valence-corrected chi connectivity index (χ4v) is 2.58. The van der Waals surface area contributed by atoms with Crippen LogP contribution < -0.4 is 5.73 Å². The summed E-state index contributed by atoms with van der Waals surface area (Å²) in [4.78, 5) is 4.52. The number of aromatic nitrogens is 1. The summed E-state index contributed by atoms with van der Waals surface area (Å²) < 4.78 is 0. The van der Waals surface area contributed by atoms with Crippen molar-refractivity contribution in [2.24, 2.45) is 5.73 Å². The van der Waals surface area contributed by atoms with Crippen LogP contribution in [0.4, 0.5) is 0 Å². The lowest BCUT2D eigenvalue weighted by atomic mass is 9.97. The van der Waals surface area contributed by atoms with Crippen molar-refractivity contribution in [1.82, 2.24) is 4.98 Å². The third-order valence-corrected chi connectivity index (χ3v) is 3.61. The lowest BCUT2D eigenvalue weighted by Crippen LogP contribution is -2.15. The minimum Gasteiger partial charge on any atom is -0.322 e. The molecule has 0 saturated carbocycles. The van der Waals surface area contributed by atoms with Gasteiger partial charge in [0.2, 0.25) is 0 Å². The second-order valence-corrected chi connectivity index (χ2v) is 5.15. The molecule has 1 atom stereocenters. The highest BCUT2D eigenvalue weighted by atomic mass is 14.8. The van der Waals surface area contributed by atoms with Crippen molar-refractivity contribution in [2.45, 2.75) is 19.4 Å². The van der Waals surface area contributed by atoms with Crippen LogP contribution in [0.2, 0.25) is 0 Å². The number of hydrogen-bond donors (Lipinski definition) is 1. The molecular weight excluding hydrogens is 244 g/mol. The minimum absolute atomic E-state index is 0.0688. The number of nitrogens with two attached hydrogens (primary N) is 1. The zero-order chi connectivity index (χ0) is 13.9. The Labute approximate surface area is 119 Å². The van der Waals surface area contributed by atoms with Gasteiger partial charge >= 0.3 is 0 Å². The van der Waals surface area contributed by atoms with Crippen LogP contribution in [0.5, 0.6) is 0 Å². The molecule has 0 saturated heterocycles. The summed E-state index contributed by atoms with van der Waals surface area (Å²) >= 11 is 0. The number of hydrogen-bond acceptors (Lipinski definition) is 2. The van der Waals surface area contributed by atoms with E-state index in [4.69, 9.17) is 5.73 Å². The summed E-state index contributed by atoms with van der Waals surface area (Å²) in [5.74, 6) is 0. The predicted molar refractivity (Wildman–Crippen MR) is 83.6 cm³/mol. The van der Waals surface area contributed by atoms with Crippen molar-refractivity contribution < 1.29 is 0 Å². The first kappa shape index (κ1) is 12.8. The van der Waals surface area contributed by atoms with Crippen molar-refractivity contribution in [3.8, 4) is 0 Å². The maximum Gasteiger partial charge on any atom is 0.0577 e. The molecule has 3 rings (SSSR count). The van der Waals surface area contributed by atoms with Crippen molar-refractivity contribution in [1.29, 1.82) is 0 Å². The number of rotatable bonds is 3. The SMILES string of the molecule is Cc1cccc(C(N)Cc2cccc3ccccc23)n1. The monoisotopic (exact) mass is 262 g/mol. The fraction of sp³-hybridized carbons (Fsp3) is 0.167. The zero-order valence-corrected chi connectivity index (χ0v) is 11.6. The Hall–Kier alpha value is -2.19. The fourth-order valence-electron chi connectivity index (χ4n) is 2.58. The summed E-state index contributed by atoms with van der Waals surface area (Å²) in [6, 6.07) is 20.7. The van der Waals surface area contributed by atoms with E-state index in [1.54, 1.807) is 0 Å². The summed E-state index contributed by atoms with van der Waals surface area (Å²) in [7, 11) is 0. The van der Waals surface area contributed by atoms with Crippen LogP contribution in [0.3, 0.4) is 0 Å². The Morgan fingerprint density at radius 1 is 0.950 bits per heavy atom. The molecule has 0 bridgehead atoms. The summed E-state index contributed by atoms with van der Waals surface area (Å²) in [5, 5.41) is 2.53. The van der Waals surface area contributed by atoms with Gasteiger partial charge in [0.05, 0.1) is 11.7 Å². The predicted octanol–water partition coefficient (Wildman–Crippen LogP) is 3.79. The first-order valence-electron chi connectivity index (χ1n) is 6.90. The van der Waals surface area contributed by atoms with Gasteiger partial charge in [0.15, 0.2) is 0 Å². The molecule has 1 unspecified atom stereocenters. The number of benzene rings is 2. The number of nitrogens with zero attached hydrogens (tertiary/aromatic N) is 1. The summed E-state index contributed by atoms with van der Waals surface area (Å²) in [6.45, 7) is 1.99. The van der Waals surface area contributed by atoms with Gasteiger partial charge in [-0.3, -0.25) is 4.98 Å². The molecule has 2 nitrogen and oxygen atoms in total. The van der Waals surface area contributed by atoms with Crippen LogP contribution >= 0.6 is 0 Å². The van der Waals surface area contributed by atoms with E-state index in [1.165, 1.54) is 16.3 Å². The molecule has 20 heavy (non-hydrogen) atoms. The maximum absolute atomic E-state index is 6.32. The van der Waals surface area contributed by atoms with Crippen LogP contribution in [0.25, 0.3) is 10.8 Å². The van der Waals surface area contributed by atoms with Crippen molar-refractivity contribution in [3.63, 3.8) is 0 Å². The van der Waals surface area contributed by atoms with Crippen LogP contribution in [-0.4, -0.2) is 4.98 Å². The molecule has 0 aliphatic carbocycles. The van der Waals surface area contributed by atoms with E-state index in [2.05, 4.69) is 47.4 Å². The quantitative estimate of drug-likeness (QED) is 0.780. The summed E-state index contributed by atoms with van der Waals surface area (Å²) in [6.07, 6.45) is 0.803. The topological polar surface area (TPSA) is 38.9 Å². The second-order valence-electron chi connectivity index (χ2n) is 5.15. The van der Waals surface area contributed by atoms with E-state index < -0.39 is 0 Å². The van der Waals surface area contributed by atoms with Crippen LogP contribution in [0.15, 0.2) is 60.7 Å². The molecule has 1 heterocycles. The van der Waals surface area contributed by atoms with Crippen molar-refractivity contribution in [2.75, 3.05) is 0 Å². The smallest absolute Gasteiger partial charge is 0.0577 e. The minimum atomic E-state index is -0.0688. The van der Waals surface area contributed by atoms with E-state index in [9.17, 15) is 0 Å². The maximum atomic E-state index is 6.32. The zero-order valence-electron chi connectivity index (χ0n) is 11.6. The lowest BCUT2D eigenvalue weighted by Gasteiger charge is -2.13. The molecule has 0 spiro atoms. The Morgan fingerprint density at radius 3 is 2.55 bits per heavy atom. The van der Waals surface area contributed by atoms with Crippen LogP contribution in [0.1, 0.15) is 23.0 Å².